The zero-order valence-corrected chi connectivity index (χ0v) is 16.6. The van der Waals surface area contributed by atoms with E-state index in [1.165, 1.54) is 5.56 Å². The lowest BCUT2D eigenvalue weighted by atomic mass is 10.2. The molecule has 1 amide bonds. The summed E-state index contributed by atoms with van der Waals surface area (Å²) in [5, 5.41) is 9.86. The van der Waals surface area contributed by atoms with E-state index in [4.69, 9.17) is 0 Å². The van der Waals surface area contributed by atoms with Crippen molar-refractivity contribution in [2.75, 3.05) is 26.2 Å². The molecule has 2 unspecified atom stereocenters. The van der Waals surface area contributed by atoms with Crippen molar-refractivity contribution in [3.8, 4) is 0 Å². The van der Waals surface area contributed by atoms with Gasteiger partial charge in [-0.15, -0.1) is 0 Å². The van der Waals surface area contributed by atoms with Gasteiger partial charge in [-0.25, -0.2) is 0 Å². The lowest BCUT2D eigenvalue weighted by molar-refractivity contribution is -0.122. The molecule has 3 rings (SSSR count). The minimum atomic E-state index is 0.185. The summed E-state index contributed by atoms with van der Waals surface area (Å²) in [6.07, 6.45) is 3.19. The maximum atomic E-state index is 11.7. The summed E-state index contributed by atoms with van der Waals surface area (Å²) in [4.78, 5) is 18.8. The van der Waals surface area contributed by atoms with E-state index in [1.807, 2.05) is 0 Å². The highest BCUT2D eigenvalue weighted by molar-refractivity contribution is 5.81. The Balaban J connectivity index is 1.45. The van der Waals surface area contributed by atoms with Crippen LogP contribution >= 0.6 is 0 Å². The van der Waals surface area contributed by atoms with E-state index in [2.05, 4.69) is 70.0 Å². The fraction of sp³-hybridized carbons (Fsp3) is 0.619. The topological polar surface area (TPSA) is 68.8 Å². The summed E-state index contributed by atoms with van der Waals surface area (Å²) in [5.41, 5.74) is 1.36. The number of amides is 1. The highest BCUT2D eigenvalue weighted by Gasteiger charge is 2.30. The van der Waals surface area contributed by atoms with Gasteiger partial charge in [-0.2, -0.15) is 0 Å². The molecule has 1 aromatic carbocycles. The summed E-state index contributed by atoms with van der Waals surface area (Å²) in [6, 6.07) is 11.6. The van der Waals surface area contributed by atoms with Crippen LogP contribution in [0.3, 0.4) is 0 Å². The monoisotopic (exact) mass is 371 g/mol. The molecular formula is C21H33N5O. The average molecular weight is 372 g/mol. The zero-order chi connectivity index (χ0) is 19.1. The molecule has 148 valence electrons. The van der Waals surface area contributed by atoms with Gasteiger partial charge < -0.3 is 16.0 Å². The van der Waals surface area contributed by atoms with Crippen molar-refractivity contribution < 1.29 is 4.79 Å². The Morgan fingerprint density at radius 2 is 2.00 bits per heavy atom. The first kappa shape index (κ1) is 19.7. The van der Waals surface area contributed by atoms with Crippen molar-refractivity contribution in [1.82, 2.24) is 20.9 Å². The average Bonchev–Trinajstić information content (AvgIpc) is 3.45. The molecule has 2 fully saturated rings. The van der Waals surface area contributed by atoms with Crippen LogP contribution in [0.1, 0.15) is 38.7 Å². The van der Waals surface area contributed by atoms with Gasteiger partial charge in [0.1, 0.15) is 0 Å². The highest BCUT2D eigenvalue weighted by Crippen LogP contribution is 2.28. The van der Waals surface area contributed by atoms with Gasteiger partial charge in [-0.05, 0) is 38.7 Å². The largest absolute Gasteiger partial charge is 0.357 e. The van der Waals surface area contributed by atoms with Crippen molar-refractivity contribution in [2.45, 2.75) is 51.7 Å². The third-order valence-corrected chi connectivity index (χ3v) is 5.25. The second-order valence-corrected chi connectivity index (χ2v) is 7.67. The number of carbonyl (C=O) groups is 1. The van der Waals surface area contributed by atoms with Crippen LogP contribution in [-0.2, 0) is 11.3 Å². The Hall–Kier alpha value is -2.08. The lowest BCUT2D eigenvalue weighted by Gasteiger charge is -2.21. The van der Waals surface area contributed by atoms with E-state index in [0.29, 0.717) is 25.2 Å². The highest BCUT2D eigenvalue weighted by atomic mass is 16.2. The SMILES string of the molecule is CCNC(=NCCNC(=O)C1CC1)NC1CC(C)N(Cc2ccccc2)C1. The standard InChI is InChI=1S/C21H33N5O/c1-3-22-21(24-12-11-23-20(27)18-9-10-18)25-19-13-16(2)26(15-19)14-17-7-5-4-6-8-17/h4-8,16,18-19H,3,9-15H2,1-2H3,(H,23,27)(H2,22,24,25). The number of benzene rings is 1. The van der Waals surface area contributed by atoms with Gasteiger partial charge in [0, 0.05) is 44.2 Å². The molecule has 6 nitrogen and oxygen atoms in total. The molecule has 1 heterocycles. The molecule has 0 spiro atoms. The normalized spacial score (nSPS) is 23.3. The Morgan fingerprint density at radius 3 is 2.70 bits per heavy atom. The van der Waals surface area contributed by atoms with Gasteiger partial charge in [0.2, 0.25) is 5.91 Å². The van der Waals surface area contributed by atoms with Gasteiger partial charge in [0.15, 0.2) is 5.96 Å². The van der Waals surface area contributed by atoms with Crippen LogP contribution in [0.4, 0.5) is 0 Å². The Labute approximate surface area is 162 Å². The summed E-state index contributed by atoms with van der Waals surface area (Å²) >= 11 is 0. The summed E-state index contributed by atoms with van der Waals surface area (Å²) in [5.74, 6) is 1.29. The van der Waals surface area contributed by atoms with E-state index in [9.17, 15) is 4.79 Å². The second kappa shape index (κ2) is 9.74. The van der Waals surface area contributed by atoms with Gasteiger partial charge in [0.25, 0.3) is 0 Å². The minimum Gasteiger partial charge on any atom is -0.357 e. The molecule has 0 radical (unpaired) electrons. The molecule has 1 aliphatic heterocycles. The number of nitrogens with one attached hydrogen (secondary N) is 3. The Bertz CT molecular complexity index is 629. The van der Waals surface area contributed by atoms with Crippen LogP contribution in [0, 0.1) is 5.92 Å². The summed E-state index contributed by atoms with van der Waals surface area (Å²) < 4.78 is 0. The lowest BCUT2D eigenvalue weighted by Crippen LogP contribution is -2.45. The summed E-state index contributed by atoms with van der Waals surface area (Å²) in [7, 11) is 0. The maximum absolute atomic E-state index is 11.7. The molecule has 0 bridgehead atoms. The Morgan fingerprint density at radius 1 is 1.22 bits per heavy atom. The molecule has 1 saturated carbocycles. The van der Waals surface area contributed by atoms with E-state index in [-0.39, 0.29) is 11.8 Å². The van der Waals surface area contributed by atoms with Crippen molar-refractivity contribution in [3.63, 3.8) is 0 Å². The maximum Gasteiger partial charge on any atom is 0.223 e. The fourth-order valence-corrected chi connectivity index (χ4v) is 3.59. The molecule has 1 aromatic rings. The van der Waals surface area contributed by atoms with Crippen LogP contribution in [0.5, 0.6) is 0 Å². The first-order valence-electron chi connectivity index (χ1n) is 10.3. The van der Waals surface area contributed by atoms with Crippen LogP contribution in [0.15, 0.2) is 35.3 Å². The number of guanidine groups is 1. The zero-order valence-electron chi connectivity index (χ0n) is 16.6. The van der Waals surface area contributed by atoms with Crippen LogP contribution < -0.4 is 16.0 Å². The van der Waals surface area contributed by atoms with Gasteiger partial charge in [-0.1, -0.05) is 30.3 Å². The molecule has 2 aliphatic rings. The van der Waals surface area contributed by atoms with Gasteiger partial charge >= 0.3 is 0 Å². The molecule has 1 aliphatic carbocycles. The number of likely N-dealkylation sites (tertiary alicyclic amines) is 1. The van der Waals surface area contributed by atoms with Gasteiger partial charge in [-0.3, -0.25) is 14.7 Å². The number of rotatable bonds is 8. The van der Waals surface area contributed by atoms with Crippen molar-refractivity contribution in [3.05, 3.63) is 35.9 Å². The molecule has 6 heteroatoms. The molecule has 0 aromatic heterocycles. The Kier molecular flexibility index (Phi) is 7.10. The quantitative estimate of drug-likeness (QED) is 0.370. The summed E-state index contributed by atoms with van der Waals surface area (Å²) in [6.45, 7) is 8.40. The number of carbonyl (C=O) groups excluding carboxylic acids is 1. The first-order chi connectivity index (χ1) is 13.2. The smallest absolute Gasteiger partial charge is 0.223 e. The van der Waals surface area contributed by atoms with Crippen LogP contribution in [0.25, 0.3) is 0 Å². The minimum absolute atomic E-state index is 0.185. The number of aliphatic imine (C=N–C) groups is 1. The third-order valence-electron chi connectivity index (χ3n) is 5.25. The molecule has 2 atom stereocenters. The van der Waals surface area contributed by atoms with E-state index >= 15 is 0 Å². The number of hydrogen-bond donors (Lipinski definition) is 3. The fourth-order valence-electron chi connectivity index (χ4n) is 3.59. The van der Waals surface area contributed by atoms with Gasteiger partial charge in [0.05, 0.1) is 6.54 Å². The number of nitrogens with zero attached hydrogens (tertiary/aromatic N) is 2. The molecule has 1 saturated heterocycles. The first-order valence-corrected chi connectivity index (χ1v) is 10.3. The second-order valence-electron chi connectivity index (χ2n) is 7.67. The van der Waals surface area contributed by atoms with Crippen LogP contribution in [0.2, 0.25) is 0 Å². The van der Waals surface area contributed by atoms with E-state index in [0.717, 1.165) is 44.9 Å². The van der Waals surface area contributed by atoms with E-state index < -0.39 is 0 Å². The van der Waals surface area contributed by atoms with Crippen molar-refractivity contribution in [1.29, 1.82) is 0 Å². The number of hydrogen-bond acceptors (Lipinski definition) is 3. The predicted octanol–water partition coefficient (Wildman–Crippen LogP) is 1.73. The van der Waals surface area contributed by atoms with Crippen molar-refractivity contribution in [2.24, 2.45) is 10.9 Å². The van der Waals surface area contributed by atoms with Crippen LogP contribution in [-0.4, -0.2) is 55.0 Å². The molecule has 27 heavy (non-hydrogen) atoms. The molecular weight excluding hydrogens is 338 g/mol. The van der Waals surface area contributed by atoms with E-state index in [1.54, 1.807) is 0 Å². The third kappa shape index (κ3) is 6.24. The predicted molar refractivity (Wildman–Crippen MR) is 110 cm³/mol. The van der Waals surface area contributed by atoms with Crippen molar-refractivity contribution >= 4 is 11.9 Å². The molecule has 3 N–H and O–H groups in total.